The first-order chi connectivity index (χ1) is 11.5. The van der Waals surface area contributed by atoms with E-state index < -0.39 is 12.0 Å². The van der Waals surface area contributed by atoms with Gasteiger partial charge in [0.05, 0.1) is 16.0 Å². The van der Waals surface area contributed by atoms with Gasteiger partial charge in [-0.25, -0.2) is 14.6 Å². The molecule has 0 radical (unpaired) electrons. The maximum atomic E-state index is 11.4. The van der Waals surface area contributed by atoms with Crippen LogP contribution >= 0.6 is 23.1 Å². The van der Waals surface area contributed by atoms with Crippen molar-refractivity contribution in [2.75, 3.05) is 6.54 Å². The van der Waals surface area contributed by atoms with Crippen LogP contribution in [-0.4, -0.2) is 40.8 Å². The topological polar surface area (TPSA) is 99.1 Å². The number of hydrogen-bond donors (Lipinski definition) is 2. The van der Waals surface area contributed by atoms with Gasteiger partial charge in [0, 0.05) is 9.77 Å². The van der Waals surface area contributed by atoms with E-state index in [0.717, 1.165) is 14.1 Å². The Kier molecular flexibility index (Phi) is 4.63. The number of amides is 3. The molecular weight excluding hydrogens is 350 g/mol. The van der Waals surface area contributed by atoms with Crippen molar-refractivity contribution in [1.29, 1.82) is 0 Å². The first kappa shape index (κ1) is 16.2. The second-order valence-electron chi connectivity index (χ2n) is 4.72. The van der Waals surface area contributed by atoms with Crippen molar-refractivity contribution < 1.29 is 19.5 Å². The summed E-state index contributed by atoms with van der Waals surface area (Å²) in [5.41, 5.74) is 0.248. The lowest BCUT2D eigenvalue weighted by molar-refractivity contribution is -0.118. The van der Waals surface area contributed by atoms with Gasteiger partial charge in [0.25, 0.3) is 0 Å². The summed E-state index contributed by atoms with van der Waals surface area (Å²) in [5.74, 6) is -1.36. The summed E-state index contributed by atoms with van der Waals surface area (Å²) in [5, 5.41) is 16.4. The number of benzene rings is 1. The first-order valence-electron chi connectivity index (χ1n) is 6.78. The highest BCUT2D eigenvalue weighted by Crippen LogP contribution is 2.34. The van der Waals surface area contributed by atoms with Gasteiger partial charge in [0.1, 0.15) is 6.54 Å². The van der Waals surface area contributed by atoms with Gasteiger partial charge in [-0.15, -0.1) is 11.3 Å². The van der Waals surface area contributed by atoms with Gasteiger partial charge in [-0.1, -0.05) is 23.9 Å². The number of urea groups is 1. The van der Waals surface area contributed by atoms with Crippen molar-refractivity contribution in [2.45, 2.75) is 9.10 Å². The molecule has 0 aliphatic carbocycles. The summed E-state index contributed by atoms with van der Waals surface area (Å²) in [7, 11) is 0. The molecule has 0 atom stereocenters. The maximum Gasteiger partial charge on any atom is 0.344 e. The van der Waals surface area contributed by atoms with Crippen molar-refractivity contribution >= 4 is 47.2 Å². The van der Waals surface area contributed by atoms with E-state index >= 15 is 0 Å². The summed E-state index contributed by atoms with van der Waals surface area (Å²) in [6.07, 6.45) is 1.50. The number of nitrogens with one attached hydrogen (secondary N) is 1. The largest absolute Gasteiger partial charge is 0.478 e. The van der Waals surface area contributed by atoms with Crippen LogP contribution in [0.25, 0.3) is 0 Å². The minimum absolute atomic E-state index is 0.0890. The highest BCUT2D eigenvalue weighted by molar-refractivity contribution is 8.01. The highest BCUT2D eigenvalue weighted by atomic mass is 32.2. The second-order valence-corrected chi connectivity index (χ2v) is 7.17. The Morgan fingerprint density at radius 3 is 2.79 bits per heavy atom. The third-order valence-electron chi connectivity index (χ3n) is 3.03. The second kappa shape index (κ2) is 6.85. The number of aromatic carboxylic acids is 1. The lowest BCUT2D eigenvalue weighted by Gasteiger charge is -2.03. The first-order valence-corrected chi connectivity index (χ1v) is 8.41. The van der Waals surface area contributed by atoms with E-state index in [0.29, 0.717) is 4.90 Å². The Morgan fingerprint density at radius 1 is 1.29 bits per heavy atom. The molecule has 9 heteroatoms. The molecule has 1 aliphatic rings. The molecular formula is C15H11N3O4S2. The molecule has 1 aromatic heterocycles. The van der Waals surface area contributed by atoms with Crippen LogP contribution < -0.4 is 5.32 Å². The standard InChI is InChI=1S/C15H11N3O4S2/c19-12-8-18(15(22)17-12)16-7-9-5-6-13(23-9)24-11-4-2-1-3-10(11)14(20)21/h1-7H,8H2,(H,20,21)(H,17,19,22)/b16-7+. The minimum atomic E-state index is -0.971. The fourth-order valence-corrected chi connectivity index (χ4v) is 4.04. The van der Waals surface area contributed by atoms with Crippen LogP contribution in [0.5, 0.6) is 0 Å². The van der Waals surface area contributed by atoms with E-state index in [4.69, 9.17) is 0 Å². The predicted molar refractivity (Wildman–Crippen MR) is 89.7 cm³/mol. The Morgan fingerprint density at radius 2 is 2.08 bits per heavy atom. The van der Waals surface area contributed by atoms with Crippen LogP contribution in [0.1, 0.15) is 15.2 Å². The molecule has 0 spiro atoms. The molecule has 24 heavy (non-hydrogen) atoms. The number of hydrazone groups is 1. The smallest absolute Gasteiger partial charge is 0.344 e. The molecule has 1 fully saturated rings. The van der Waals surface area contributed by atoms with E-state index in [9.17, 15) is 19.5 Å². The quantitative estimate of drug-likeness (QED) is 0.630. The Labute approximate surface area is 145 Å². The molecule has 0 unspecified atom stereocenters. The zero-order valence-corrected chi connectivity index (χ0v) is 13.8. The Hall–Kier alpha value is -2.65. The molecule has 1 aliphatic heterocycles. The zero-order valence-electron chi connectivity index (χ0n) is 12.1. The Balaban J connectivity index is 1.71. The molecule has 3 rings (SSSR count). The molecule has 3 amide bonds. The molecule has 2 aromatic rings. The Bertz CT molecular complexity index is 847. The van der Waals surface area contributed by atoms with Gasteiger partial charge in [0.2, 0.25) is 5.91 Å². The number of imide groups is 1. The number of hydrogen-bond acceptors (Lipinski definition) is 6. The minimum Gasteiger partial charge on any atom is -0.478 e. The third kappa shape index (κ3) is 3.63. The zero-order chi connectivity index (χ0) is 17.1. The van der Waals surface area contributed by atoms with Gasteiger partial charge in [-0.3, -0.25) is 10.1 Å². The summed E-state index contributed by atoms with van der Waals surface area (Å²) < 4.78 is 0.895. The van der Waals surface area contributed by atoms with Crippen molar-refractivity contribution in [3.8, 4) is 0 Å². The van der Waals surface area contributed by atoms with E-state index in [1.54, 1.807) is 24.3 Å². The average molecular weight is 361 g/mol. The van der Waals surface area contributed by atoms with Crippen LogP contribution in [0.3, 0.4) is 0 Å². The molecule has 0 saturated carbocycles. The molecule has 122 valence electrons. The van der Waals surface area contributed by atoms with Gasteiger partial charge >= 0.3 is 12.0 Å². The van der Waals surface area contributed by atoms with Crippen LogP contribution in [0, 0.1) is 0 Å². The van der Waals surface area contributed by atoms with Crippen LogP contribution in [0.4, 0.5) is 4.79 Å². The highest BCUT2D eigenvalue weighted by Gasteiger charge is 2.25. The van der Waals surface area contributed by atoms with E-state index in [1.165, 1.54) is 29.3 Å². The normalized spacial score (nSPS) is 14.4. The molecule has 1 saturated heterocycles. The van der Waals surface area contributed by atoms with Crippen LogP contribution in [-0.2, 0) is 4.79 Å². The number of thiophene rings is 1. The molecule has 7 nitrogen and oxygen atoms in total. The summed E-state index contributed by atoms with van der Waals surface area (Å²) in [6.45, 7) is -0.0890. The van der Waals surface area contributed by atoms with E-state index in [1.807, 2.05) is 12.1 Å². The van der Waals surface area contributed by atoms with Crippen molar-refractivity contribution in [1.82, 2.24) is 10.3 Å². The fraction of sp³-hybridized carbons (Fsp3) is 0.0667. The van der Waals surface area contributed by atoms with E-state index in [-0.39, 0.29) is 18.0 Å². The SMILES string of the molecule is O=C1CN(/N=C/c2ccc(Sc3ccccc3C(=O)O)s2)C(=O)N1. The van der Waals surface area contributed by atoms with Gasteiger partial charge < -0.3 is 5.11 Å². The average Bonchev–Trinajstić information content (AvgIpc) is 3.11. The van der Waals surface area contributed by atoms with Crippen LogP contribution in [0.2, 0.25) is 0 Å². The number of rotatable bonds is 5. The number of carbonyl (C=O) groups excluding carboxylic acids is 2. The summed E-state index contributed by atoms with van der Waals surface area (Å²) >= 11 is 2.76. The number of nitrogens with zero attached hydrogens (tertiary/aromatic N) is 2. The van der Waals surface area contributed by atoms with Crippen LogP contribution in [0.15, 0.2) is 50.6 Å². The number of carboxylic acid groups (broad SMARTS) is 1. The van der Waals surface area contributed by atoms with Crippen molar-refractivity contribution in [3.63, 3.8) is 0 Å². The number of carboxylic acids is 1. The number of carbonyl (C=O) groups is 3. The van der Waals surface area contributed by atoms with Crippen molar-refractivity contribution in [2.24, 2.45) is 5.10 Å². The monoisotopic (exact) mass is 361 g/mol. The summed E-state index contributed by atoms with van der Waals surface area (Å²) in [4.78, 5) is 35.1. The maximum absolute atomic E-state index is 11.4. The lowest BCUT2D eigenvalue weighted by atomic mass is 10.2. The predicted octanol–water partition coefficient (Wildman–Crippen LogP) is 2.48. The van der Waals surface area contributed by atoms with Gasteiger partial charge in [-0.2, -0.15) is 5.10 Å². The lowest BCUT2D eigenvalue weighted by Crippen LogP contribution is -2.24. The molecule has 2 heterocycles. The molecule has 2 N–H and O–H groups in total. The molecule has 0 bridgehead atoms. The van der Waals surface area contributed by atoms with Crippen molar-refractivity contribution in [3.05, 3.63) is 46.8 Å². The molecule has 1 aromatic carbocycles. The van der Waals surface area contributed by atoms with E-state index in [2.05, 4.69) is 10.4 Å². The third-order valence-corrected chi connectivity index (χ3v) is 5.26. The summed E-state index contributed by atoms with van der Waals surface area (Å²) in [6, 6.07) is 9.90. The fourth-order valence-electron chi connectivity index (χ4n) is 1.95. The van der Waals surface area contributed by atoms with Gasteiger partial charge in [0.15, 0.2) is 0 Å². The van der Waals surface area contributed by atoms with Gasteiger partial charge in [-0.05, 0) is 24.3 Å².